The molecule has 0 saturated carbocycles. The first-order chi connectivity index (χ1) is 4.70. The molecule has 2 nitrogen and oxygen atoms in total. The van der Waals surface area contributed by atoms with Gasteiger partial charge in [-0.1, -0.05) is 0 Å². The summed E-state index contributed by atoms with van der Waals surface area (Å²) in [4.78, 5) is 3.99. The van der Waals surface area contributed by atoms with Crippen molar-refractivity contribution < 1.29 is 5.11 Å². The molecule has 0 spiro atoms. The van der Waals surface area contributed by atoms with Gasteiger partial charge in [0.15, 0.2) is 0 Å². The number of rotatable bonds is 1. The predicted octanol–water partition coefficient (Wildman–Crippen LogP) is 1.44. The van der Waals surface area contributed by atoms with E-state index in [1.165, 1.54) is 0 Å². The van der Waals surface area contributed by atoms with Crippen LogP contribution in [0, 0.1) is 6.92 Å². The van der Waals surface area contributed by atoms with E-state index in [0.717, 1.165) is 11.3 Å². The summed E-state index contributed by atoms with van der Waals surface area (Å²) < 4.78 is 0. The summed E-state index contributed by atoms with van der Waals surface area (Å²) in [6.07, 6.45) is 1.25. The molecule has 1 rings (SSSR count). The minimum absolute atomic E-state index is 0.458. The lowest BCUT2D eigenvalue weighted by molar-refractivity contribution is 0.194. The molecule has 1 N–H and O–H groups in total. The van der Waals surface area contributed by atoms with Crippen molar-refractivity contribution in [1.82, 2.24) is 4.98 Å². The van der Waals surface area contributed by atoms with Crippen LogP contribution in [0.4, 0.5) is 0 Å². The molecular formula is C8H11NO. The zero-order valence-electron chi connectivity index (χ0n) is 6.20. The van der Waals surface area contributed by atoms with Crippen molar-refractivity contribution in [3.05, 3.63) is 29.6 Å². The molecule has 1 aromatic rings. The fraction of sp³-hybridized carbons (Fsp3) is 0.375. The van der Waals surface area contributed by atoms with Crippen LogP contribution in [0.25, 0.3) is 0 Å². The van der Waals surface area contributed by atoms with E-state index in [-0.39, 0.29) is 0 Å². The molecule has 1 atom stereocenters. The molecular weight excluding hydrogens is 126 g/mol. The zero-order chi connectivity index (χ0) is 7.56. The van der Waals surface area contributed by atoms with Gasteiger partial charge in [-0.05, 0) is 31.5 Å². The normalized spacial score (nSPS) is 13.1. The number of aryl methyl sites for hydroxylation is 1. The average Bonchev–Trinajstić information content (AvgIpc) is 1.88. The highest BCUT2D eigenvalue weighted by Crippen LogP contribution is 2.08. The molecule has 0 amide bonds. The molecule has 0 saturated heterocycles. The first kappa shape index (κ1) is 7.22. The summed E-state index contributed by atoms with van der Waals surface area (Å²) in [6, 6.07) is 3.79. The molecule has 0 radical (unpaired) electrons. The Morgan fingerprint density at radius 3 is 2.70 bits per heavy atom. The van der Waals surface area contributed by atoms with E-state index in [1.54, 1.807) is 13.1 Å². The second-order valence-electron chi connectivity index (χ2n) is 2.43. The van der Waals surface area contributed by atoms with Crippen molar-refractivity contribution in [2.75, 3.05) is 0 Å². The Labute approximate surface area is 60.5 Å². The Morgan fingerprint density at radius 1 is 1.60 bits per heavy atom. The smallest absolute Gasteiger partial charge is 0.0931 e. The van der Waals surface area contributed by atoms with E-state index in [2.05, 4.69) is 4.98 Å². The van der Waals surface area contributed by atoms with Crippen LogP contribution in [-0.2, 0) is 0 Å². The van der Waals surface area contributed by atoms with Crippen molar-refractivity contribution in [3.8, 4) is 0 Å². The largest absolute Gasteiger partial charge is 0.387 e. The van der Waals surface area contributed by atoms with Gasteiger partial charge in [0.2, 0.25) is 0 Å². The lowest BCUT2D eigenvalue weighted by Crippen LogP contribution is -1.94. The lowest BCUT2D eigenvalue weighted by Gasteiger charge is -2.02. The highest BCUT2D eigenvalue weighted by molar-refractivity contribution is 5.15. The molecule has 10 heavy (non-hydrogen) atoms. The number of hydrogen-bond acceptors (Lipinski definition) is 2. The van der Waals surface area contributed by atoms with Crippen LogP contribution < -0.4 is 0 Å². The van der Waals surface area contributed by atoms with E-state index >= 15 is 0 Å². The maximum absolute atomic E-state index is 9.09. The number of aromatic nitrogens is 1. The highest BCUT2D eigenvalue weighted by atomic mass is 16.3. The minimum Gasteiger partial charge on any atom is -0.387 e. The number of nitrogens with zero attached hydrogens (tertiary/aromatic N) is 1. The second-order valence-corrected chi connectivity index (χ2v) is 2.43. The monoisotopic (exact) mass is 137 g/mol. The van der Waals surface area contributed by atoms with Gasteiger partial charge in [0.05, 0.1) is 11.8 Å². The Balaban J connectivity index is 2.96. The van der Waals surface area contributed by atoms with Crippen LogP contribution in [0.1, 0.15) is 24.3 Å². The van der Waals surface area contributed by atoms with Crippen LogP contribution in [0.15, 0.2) is 18.3 Å². The number of aliphatic hydroxyl groups is 1. The number of pyridine rings is 1. The van der Waals surface area contributed by atoms with E-state index in [9.17, 15) is 0 Å². The summed E-state index contributed by atoms with van der Waals surface area (Å²) in [7, 11) is 0. The number of hydrogen-bond donors (Lipinski definition) is 1. The molecule has 0 bridgehead atoms. The molecule has 0 aromatic carbocycles. The van der Waals surface area contributed by atoms with Gasteiger partial charge in [0.1, 0.15) is 0 Å². The fourth-order valence-electron chi connectivity index (χ4n) is 0.788. The van der Waals surface area contributed by atoms with Gasteiger partial charge in [-0.15, -0.1) is 0 Å². The molecule has 0 aliphatic rings. The summed E-state index contributed by atoms with van der Waals surface area (Å²) >= 11 is 0. The van der Waals surface area contributed by atoms with Crippen LogP contribution in [0.5, 0.6) is 0 Å². The molecule has 0 fully saturated rings. The van der Waals surface area contributed by atoms with E-state index in [0.29, 0.717) is 0 Å². The average molecular weight is 137 g/mol. The second kappa shape index (κ2) is 2.80. The summed E-state index contributed by atoms with van der Waals surface area (Å²) in [5.74, 6) is 0. The van der Waals surface area contributed by atoms with Crippen molar-refractivity contribution >= 4 is 0 Å². The Hall–Kier alpha value is -0.890. The molecule has 0 aliphatic carbocycles. The third-order valence-corrected chi connectivity index (χ3v) is 1.36. The quantitative estimate of drug-likeness (QED) is 0.635. The molecule has 0 aliphatic heterocycles. The van der Waals surface area contributed by atoms with Crippen LogP contribution >= 0.6 is 0 Å². The first-order valence-corrected chi connectivity index (χ1v) is 3.31. The zero-order valence-corrected chi connectivity index (χ0v) is 6.20. The molecule has 0 unspecified atom stereocenters. The molecule has 1 heterocycles. The van der Waals surface area contributed by atoms with E-state index < -0.39 is 6.10 Å². The third kappa shape index (κ3) is 1.54. The summed E-state index contributed by atoms with van der Waals surface area (Å²) in [5.41, 5.74) is 1.87. The van der Waals surface area contributed by atoms with Crippen molar-refractivity contribution in [3.63, 3.8) is 0 Å². The highest BCUT2D eigenvalue weighted by Gasteiger charge is 1.99. The van der Waals surface area contributed by atoms with Gasteiger partial charge in [0.25, 0.3) is 0 Å². The fourth-order valence-corrected chi connectivity index (χ4v) is 0.788. The predicted molar refractivity (Wildman–Crippen MR) is 39.6 cm³/mol. The Kier molecular flexibility index (Phi) is 2.02. The van der Waals surface area contributed by atoms with Gasteiger partial charge >= 0.3 is 0 Å². The van der Waals surface area contributed by atoms with Crippen molar-refractivity contribution in [2.24, 2.45) is 0 Å². The molecule has 1 aromatic heterocycles. The molecule has 2 heteroatoms. The van der Waals surface area contributed by atoms with Crippen LogP contribution in [-0.4, -0.2) is 10.1 Å². The molecule has 54 valence electrons. The standard InChI is InChI=1S/C8H11NO/c1-6-3-4-9-8(5-6)7(2)10/h3-5,7,10H,1-2H3/t7-/m1/s1. The SMILES string of the molecule is Cc1ccnc([C@@H](C)O)c1. The minimum atomic E-state index is -0.458. The van der Waals surface area contributed by atoms with Gasteiger partial charge in [0, 0.05) is 6.20 Å². The van der Waals surface area contributed by atoms with Crippen molar-refractivity contribution in [1.29, 1.82) is 0 Å². The Morgan fingerprint density at radius 2 is 2.30 bits per heavy atom. The summed E-state index contributed by atoms with van der Waals surface area (Å²) in [5, 5.41) is 9.09. The van der Waals surface area contributed by atoms with Crippen LogP contribution in [0.2, 0.25) is 0 Å². The van der Waals surface area contributed by atoms with Gasteiger partial charge in [-0.3, -0.25) is 4.98 Å². The summed E-state index contributed by atoms with van der Waals surface area (Å²) in [6.45, 7) is 3.69. The lowest BCUT2D eigenvalue weighted by atomic mass is 10.2. The van der Waals surface area contributed by atoms with E-state index in [4.69, 9.17) is 5.11 Å². The van der Waals surface area contributed by atoms with E-state index in [1.807, 2.05) is 19.1 Å². The Bertz CT molecular complexity index is 220. The third-order valence-electron chi connectivity index (χ3n) is 1.36. The maximum Gasteiger partial charge on any atom is 0.0931 e. The number of aliphatic hydroxyl groups excluding tert-OH is 1. The van der Waals surface area contributed by atoms with Gasteiger partial charge in [-0.2, -0.15) is 0 Å². The first-order valence-electron chi connectivity index (χ1n) is 3.31. The van der Waals surface area contributed by atoms with Crippen LogP contribution in [0.3, 0.4) is 0 Å². The topological polar surface area (TPSA) is 33.1 Å². The van der Waals surface area contributed by atoms with Crippen molar-refractivity contribution in [2.45, 2.75) is 20.0 Å². The van der Waals surface area contributed by atoms with Gasteiger partial charge < -0.3 is 5.11 Å². The maximum atomic E-state index is 9.09. The van der Waals surface area contributed by atoms with Gasteiger partial charge in [-0.25, -0.2) is 0 Å².